The molecule has 0 atom stereocenters. The molecule has 1 fully saturated rings. The van der Waals surface area contributed by atoms with Gasteiger partial charge in [-0.05, 0) is 6.92 Å². The SMILES string of the molecule is Cc1[nH]ncc1C(=O)N1CCN(c2nccs2)CC1. The first-order valence-electron chi connectivity index (χ1n) is 6.19. The molecule has 0 radical (unpaired) electrons. The fourth-order valence-corrected chi connectivity index (χ4v) is 2.91. The van der Waals surface area contributed by atoms with Crippen molar-refractivity contribution in [3.8, 4) is 0 Å². The van der Waals surface area contributed by atoms with Gasteiger partial charge in [-0.15, -0.1) is 11.3 Å². The summed E-state index contributed by atoms with van der Waals surface area (Å²) in [5.74, 6) is 0.0602. The second-order valence-corrected chi connectivity index (χ2v) is 5.38. The number of hydrogen-bond acceptors (Lipinski definition) is 5. The van der Waals surface area contributed by atoms with Gasteiger partial charge in [0, 0.05) is 43.4 Å². The summed E-state index contributed by atoms with van der Waals surface area (Å²) in [6.07, 6.45) is 3.41. The monoisotopic (exact) mass is 277 g/mol. The van der Waals surface area contributed by atoms with Crippen LogP contribution in [0.3, 0.4) is 0 Å². The van der Waals surface area contributed by atoms with Crippen LogP contribution in [0.15, 0.2) is 17.8 Å². The number of carbonyl (C=O) groups is 1. The maximum Gasteiger partial charge on any atom is 0.257 e. The second-order valence-electron chi connectivity index (χ2n) is 4.50. The van der Waals surface area contributed by atoms with Crippen molar-refractivity contribution in [2.75, 3.05) is 31.1 Å². The lowest BCUT2D eigenvalue weighted by Gasteiger charge is -2.34. The number of nitrogens with one attached hydrogen (secondary N) is 1. The van der Waals surface area contributed by atoms with Gasteiger partial charge in [0.05, 0.1) is 11.8 Å². The van der Waals surface area contributed by atoms with Gasteiger partial charge < -0.3 is 9.80 Å². The predicted molar refractivity (Wildman–Crippen MR) is 73.6 cm³/mol. The van der Waals surface area contributed by atoms with E-state index in [1.807, 2.05) is 23.4 Å². The van der Waals surface area contributed by atoms with Gasteiger partial charge in [0.25, 0.3) is 5.91 Å². The first-order chi connectivity index (χ1) is 9.25. The molecule has 0 bridgehead atoms. The van der Waals surface area contributed by atoms with E-state index in [-0.39, 0.29) is 5.91 Å². The Hall–Kier alpha value is -1.89. The molecule has 3 heterocycles. The molecule has 7 heteroatoms. The van der Waals surface area contributed by atoms with E-state index >= 15 is 0 Å². The Labute approximate surface area is 115 Å². The predicted octanol–water partition coefficient (Wildman–Crippen LogP) is 1.14. The average molecular weight is 277 g/mol. The van der Waals surface area contributed by atoms with Crippen molar-refractivity contribution in [1.82, 2.24) is 20.1 Å². The minimum absolute atomic E-state index is 0.0602. The van der Waals surface area contributed by atoms with Gasteiger partial charge in [0.2, 0.25) is 0 Å². The smallest absolute Gasteiger partial charge is 0.257 e. The molecule has 0 aliphatic carbocycles. The maximum absolute atomic E-state index is 12.3. The zero-order chi connectivity index (χ0) is 13.2. The molecule has 1 saturated heterocycles. The van der Waals surface area contributed by atoms with Crippen molar-refractivity contribution in [2.45, 2.75) is 6.92 Å². The van der Waals surface area contributed by atoms with E-state index in [0.717, 1.165) is 37.0 Å². The Bertz CT molecular complexity index is 556. The molecule has 2 aromatic rings. The molecule has 1 N–H and O–H groups in total. The van der Waals surface area contributed by atoms with Crippen LogP contribution in [0.1, 0.15) is 16.1 Å². The Morgan fingerprint density at radius 2 is 2.16 bits per heavy atom. The molecule has 1 aliphatic rings. The average Bonchev–Trinajstić information content (AvgIpc) is 3.09. The van der Waals surface area contributed by atoms with E-state index in [4.69, 9.17) is 0 Å². The summed E-state index contributed by atoms with van der Waals surface area (Å²) < 4.78 is 0. The fourth-order valence-electron chi connectivity index (χ4n) is 2.21. The molecule has 6 nitrogen and oxygen atoms in total. The highest BCUT2D eigenvalue weighted by molar-refractivity contribution is 7.13. The van der Waals surface area contributed by atoms with E-state index in [1.54, 1.807) is 17.5 Å². The Morgan fingerprint density at radius 1 is 1.37 bits per heavy atom. The third-order valence-electron chi connectivity index (χ3n) is 3.32. The zero-order valence-corrected chi connectivity index (χ0v) is 11.5. The minimum Gasteiger partial charge on any atom is -0.345 e. The molecule has 1 amide bonds. The topological polar surface area (TPSA) is 65.1 Å². The van der Waals surface area contributed by atoms with E-state index in [1.165, 1.54) is 0 Å². The summed E-state index contributed by atoms with van der Waals surface area (Å²) >= 11 is 1.64. The third kappa shape index (κ3) is 2.33. The molecule has 2 aromatic heterocycles. The highest BCUT2D eigenvalue weighted by Gasteiger charge is 2.24. The zero-order valence-electron chi connectivity index (χ0n) is 10.7. The summed E-state index contributed by atoms with van der Waals surface area (Å²) in [7, 11) is 0. The largest absolute Gasteiger partial charge is 0.345 e. The highest BCUT2D eigenvalue weighted by Crippen LogP contribution is 2.19. The van der Waals surface area contributed by atoms with Crippen LogP contribution < -0.4 is 4.90 Å². The van der Waals surface area contributed by atoms with Gasteiger partial charge in [0.15, 0.2) is 5.13 Å². The number of amides is 1. The maximum atomic E-state index is 12.3. The summed E-state index contributed by atoms with van der Waals surface area (Å²) in [5, 5.41) is 9.71. The number of rotatable bonds is 2. The van der Waals surface area contributed by atoms with E-state index in [2.05, 4.69) is 20.1 Å². The number of carbonyl (C=O) groups excluding carboxylic acids is 1. The molecule has 0 spiro atoms. The number of aryl methyl sites for hydroxylation is 1. The first-order valence-corrected chi connectivity index (χ1v) is 7.07. The number of piperazine rings is 1. The van der Waals surface area contributed by atoms with Crippen LogP contribution in [0.2, 0.25) is 0 Å². The lowest BCUT2D eigenvalue weighted by Crippen LogP contribution is -2.48. The van der Waals surface area contributed by atoms with Gasteiger partial charge in [-0.3, -0.25) is 9.89 Å². The van der Waals surface area contributed by atoms with Crippen LogP contribution in [-0.4, -0.2) is 52.2 Å². The minimum atomic E-state index is 0.0602. The fraction of sp³-hybridized carbons (Fsp3) is 0.417. The lowest BCUT2D eigenvalue weighted by atomic mass is 10.2. The summed E-state index contributed by atoms with van der Waals surface area (Å²) in [4.78, 5) is 20.7. The van der Waals surface area contributed by atoms with Gasteiger partial charge >= 0.3 is 0 Å². The van der Waals surface area contributed by atoms with Crippen molar-refractivity contribution >= 4 is 22.4 Å². The highest BCUT2D eigenvalue weighted by atomic mass is 32.1. The number of hydrogen-bond donors (Lipinski definition) is 1. The number of nitrogens with zero attached hydrogens (tertiary/aromatic N) is 4. The summed E-state index contributed by atoms with van der Waals surface area (Å²) in [6.45, 7) is 4.98. The Kier molecular flexibility index (Phi) is 3.20. The molecule has 3 rings (SSSR count). The second kappa shape index (κ2) is 5.00. The molecular formula is C12H15N5OS. The number of H-pyrrole nitrogens is 1. The van der Waals surface area contributed by atoms with Crippen molar-refractivity contribution < 1.29 is 4.79 Å². The van der Waals surface area contributed by atoms with Crippen molar-refractivity contribution in [2.24, 2.45) is 0 Å². The van der Waals surface area contributed by atoms with Crippen LogP contribution in [0, 0.1) is 6.92 Å². The Balaban J connectivity index is 1.64. The van der Waals surface area contributed by atoms with Crippen LogP contribution in [0.5, 0.6) is 0 Å². The Morgan fingerprint density at radius 3 is 2.74 bits per heavy atom. The van der Waals surface area contributed by atoms with Gasteiger partial charge in [-0.1, -0.05) is 0 Å². The molecule has 0 aromatic carbocycles. The third-order valence-corrected chi connectivity index (χ3v) is 4.15. The quantitative estimate of drug-likeness (QED) is 0.894. The molecule has 1 aliphatic heterocycles. The number of anilines is 1. The van der Waals surface area contributed by atoms with Gasteiger partial charge in [0.1, 0.15) is 0 Å². The van der Waals surface area contributed by atoms with Crippen molar-refractivity contribution in [1.29, 1.82) is 0 Å². The van der Waals surface area contributed by atoms with Gasteiger partial charge in [-0.25, -0.2) is 4.98 Å². The van der Waals surface area contributed by atoms with Crippen LogP contribution in [0.4, 0.5) is 5.13 Å². The number of aromatic amines is 1. The van der Waals surface area contributed by atoms with E-state index in [9.17, 15) is 4.79 Å². The molecule has 100 valence electrons. The van der Waals surface area contributed by atoms with E-state index in [0.29, 0.717) is 5.56 Å². The molecular weight excluding hydrogens is 262 g/mol. The number of thiazole rings is 1. The standard InChI is InChI=1S/C12H15N5OS/c1-9-10(8-14-15-9)11(18)16-3-5-17(6-4-16)12-13-2-7-19-12/h2,7-8H,3-6H2,1H3,(H,14,15). The molecule has 19 heavy (non-hydrogen) atoms. The molecule has 0 unspecified atom stereocenters. The van der Waals surface area contributed by atoms with Crippen LogP contribution in [-0.2, 0) is 0 Å². The lowest BCUT2D eigenvalue weighted by molar-refractivity contribution is 0.0746. The van der Waals surface area contributed by atoms with Crippen LogP contribution >= 0.6 is 11.3 Å². The number of aromatic nitrogens is 3. The van der Waals surface area contributed by atoms with Gasteiger partial charge in [-0.2, -0.15) is 5.10 Å². The summed E-state index contributed by atoms with van der Waals surface area (Å²) in [6, 6.07) is 0. The summed E-state index contributed by atoms with van der Waals surface area (Å²) in [5.41, 5.74) is 1.50. The first kappa shape index (κ1) is 12.2. The molecule has 0 saturated carbocycles. The van der Waals surface area contributed by atoms with E-state index < -0.39 is 0 Å². The normalized spacial score (nSPS) is 15.8. The van der Waals surface area contributed by atoms with Crippen molar-refractivity contribution in [3.05, 3.63) is 29.0 Å². The van der Waals surface area contributed by atoms with Crippen molar-refractivity contribution in [3.63, 3.8) is 0 Å². The van der Waals surface area contributed by atoms with Crippen LogP contribution in [0.25, 0.3) is 0 Å².